The van der Waals surface area contributed by atoms with E-state index in [-0.39, 0.29) is 11.5 Å². The van der Waals surface area contributed by atoms with Crippen LogP contribution in [-0.2, 0) is 14.8 Å². The molecule has 1 aromatic heterocycles. The molecule has 1 aliphatic carbocycles. The predicted octanol–water partition coefficient (Wildman–Crippen LogP) is 2.42. The van der Waals surface area contributed by atoms with Crippen molar-refractivity contribution < 1.29 is 13.2 Å². The number of fused-ring (bicyclic) bond motifs is 3. The largest absolute Gasteiger partial charge is 0.379 e. The number of benzene rings is 1. The van der Waals surface area contributed by atoms with Crippen molar-refractivity contribution in [1.29, 1.82) is 0 Å². The number of pyridine rings is 1. The Kier molecular flexibility index (Phi) is 3.09. The maximum absolute atomic E-state index is 13.5. The van der Waals surface area contributed by atoms with Gasteiger partial charge in [-0.1, -0.05) is 18.6 Å². The first-order valence-electron chi connectivity index (χ1n) is 8.54. The first-order chi connectivity index (χ1) is 11.6. The van der Waals surface area contributed by atoms with Crippen LogP contribution in [0.4, 0.5) is 0 Å². The third-order valence-corrected chi connectivity index (χ3v) is 8.18. The molecule has 6 heteroatoms. The van der Waals surface area contributed by atoms with Crippen molar-refractivity contribution in [3.05, 3.63) is 36.7 Å². The van der Waals surface area contributed by atoms with Crippen molar-refractivity contribution in [2.75, 3.05) is 19.8 Å². The molecule has 2 unspecified atom stereocenters. The minimum absolute atomic E-state index is 0.00704. The van der Waals surface area contributed by atoms with E-state index in [9.17, 15) is 8.42 Å². The van der Waals surface area contributed by atoms with Crippen LogP contribution in [0.25, 0.3) is 10.8 Å². The lowest BCUT2D eigenvalue weighted by Gasteiger charge is -2.42. The first kappa shape index (κ1) is 14.8. The van der Waals surface area contributed by atoms with Crippen molar-refractivity contribution in [1.82, 2.24) is 9.29 Å². The van der Waals surface area contributed by atoms with Gasteiger partial charge in [0.05, 0.1) is 24.2 Å². The number of rotatable bonds is 2. The van der Waals surface area contributed by atoms with E-state index in [0.29, 0.717) is 30.6 Å². The van der Waals surface area contributed by atoms with Crippen molar-refractivity contribution in [3.8, 4) is 0 Å². The van der Waals surface area contributed by atoms with Crippen molar-refractivity contribution >= 4 is 20.8 Å². The summed E-state index contributed by atoms with van der Waals surface area (Å²) in [5.41, 5.74) is 0.153. The molecule has 2 aliphatic heterocycles. The maximum atomic E-state index is 13.5. The number of nitrogens with zero attached hydrogens (tertiary/aromatic N) is 2. The Hall–Kier alpha value is -1.50. The van der Waals surface area contributed by atoms with Crippen LogP contribution in [0.2, 0.25) is 0 Å². The molecule has 126 valence electrons. The van der Waals surface area contributed by atoms with Gasteiger partial charge in [0.2, 0.25) is 10.0 Å². The molecule has 3 heterocycles. The third kappa shape index (κ3) is 1.87. The second-order valence-electron chi connectivity index (χ2n) is 7.33. The monoisotopic (exact) mass is 344 g/mol. The molecule has 2 aromatic rings. The van der Waals surface area contributed by atoms with E-state index in [2.05, 4.69) is 4.98 Å². The van der Waals surface area contributed by atoms with Crippen LogP contribution in [0.3, 0.4) is 0 Å². The average Bonchev–Trinajstić information content (AvgIpc) is 3.14. The van der Waals surface area contributed by atoms with E-state index in [4.69, 9.17) is 4.74 Å². The lowest BCUT2D eigenvalue weighted by molar-refractivity contribution is 0.0601. The summed E-state index contributed by atoms with van der Waals surface area (Å²) in [6.45, 7) is 1.88. The smallest absolute Gasteiger partial charge is 0.244 e. The van der Waals surface area contributed by atoms with Crippen LogP contribution >= 0.6 is 0 Å². The molecule has 0 N–H and O–H groups in total. The summed E-state index contributed by atoms with van der Waals surface area (Å²) >= 11 is 0. The minimum Gasteiger partial charge on any atom is -0.379 e. The topological polar surface area (TPSA) is 59.5 Å². The van der Waals surface area contributed by atoms with Gasteiger partial charge in [-0.05, 0) is 30.4 Å². The Morgan fingerprint density at radius 2 is 2.08 bits per heavy atom. The molecule has 2 saturated heterocycles. The first-order valence-corrected chi connectivity index (χ1v) is 9.98. The quantitative estimate of drug-likeness (QED) is 0.839. The minimum atomic E-state index is -3.54. The summed E-state index contributed by atoms with van der Waals surface area (Å²) in [4.78, 5) is 4.50. The Morgan fingerprint density at radius 3 is 2.88 bits per heavy atom. The Balaban J connectivity index is 1.62. The SMILES string of the molecule is O=S(=O)(c1cccc2cnccc12)N1CC2(CCC2)C2COCC21. The highest BCUT2D eigenvalue weighted by molar-refractivity contribution is 7.89. The number of hydrogen-bond acceptors (Lipinski definition) is 4. The fourth-order valence-electron chi connectivity index (χ4n) is 4.82. The highest BCUT2D eigenvalue weighted by Gasteiger charge is 2.60. The van der Waals surface area contributed by atoms with E-state index < -0.39 is 10.0 Å². The number of hydrogen-bond donors (Lipinski definition) is 0. The summed E-state index contributed by atoms with van der Waals surface area (Å²) in [5.74, 6) is 0.359. The van der Waals surface area contributed by atoms with Gasteiger partial charge in [0.1, 0.15) is 0 Å². The summed E-state index contributed by atoms with van der Waals surface area (Å²) in [7, 11) is -3.54. The Bertz CT molecular complexity index is 902. The molecule has 0 bridgehead atoms. The number of aromatic nitrogens is 1. The zero-order valence-corrected chi connectivity index (χ0v) is 14.2. The molecule has 0 amide bonds. The second-order valence-corrected chi connectivity index (χ2v) is 9.19. The molecule has 24 heavy (non-hydrogen) atoms. The van der Waals surface area contributed by atoms with Crippen molar-refractivity contribution in [2.24, 2.45) is 11.3 Å². The van der Waals surface area contributed by atoms with Gasteiger partial charge in [0.15, 0.2) is 0 Å². The fraction of sp³-hybridized carbons (Fsp3) is 0.500. The molecule has 1 spiro atoms. The molecular weight excluding hydrogens is 324 g/mol. The maximum Gasteiger partial charge on any atom is 0.244 e. The lowest BCUT2D eigenvalue weighted by atomic mass is 9.62. The van der Waals surface area contributed by atoms with Crippen LogP contribution in [0.5, 0.6) is 0 Å². The van der Waals surface area contributed by atoms with Crippen LogP contribution in [0.15, 0.2) is 41.6 Å². The van der Waals surface area contributed by atoms with Gasteiger partial charge in [-0.25, -0.2) is 8.42 Å². The van der Waals surface area contributed by atoms with Gasteiger partial charge in [-0.15, -0.1) is 0 Å². The fourth-order valence-corrected chi connectivity index (χ4v) is 6.78. The second kappa shape index (κ2) is 5.00. The number of sulfonamides is 1. The third-order valence-electron chi connectivity index (χ3n) is 6.25. The van der Waals surface area contributed by atoms with Gasteiger partial charge < -0.3 is 4.74 Å². The van der Waals surface area contributed by atoms with E-state index >= 15 is 0 Å². The average molecular weight is 344 g/mol. The summed E-state index contributed by atoms with van der Waals surface area (Å²) in [6, 6.07) is 7.20. The van der Waals surface area contributed by atoms with E-state index in [1.165, 1.54) is 6.42 Å². The highest BCUT2D eigenvalue weighted by atomic mass is 32.2. The zero-order valence-electron chi connectivity index (χ0n) is 13.4. The molecule has 5 nitrogen and oxygen atoms in total. The van der Waals surface area contributed by atoms with Gasteiger partial charge in [-0.2, -0.15) is 4.31 Å². The molecule has 2 atom stereocenters. The molecule has 3 fully saturated rings. The molecule has 0 radical (unpaired) electrons. The summed E-state index contributed by atoms with van der Waals surface area (Å²) in [5, 5.41) is 1.60. The van der Waals surface area contributed by atoms with Crippen LogP contribution in [0, 0.1) is 11.3 Å². The predicted molar refractivity (Wildman–Crippen MR) is 90.0 cm³/mol. The summed E-state index contributed by atoms with van der Waals surface area (Å²) < 4.78 is 34.3. The van der Waals surface area contributed by atoms with Crippen LogP contribution in [-0.4, -0.2) is 43.5 Å². The number of ether oxygens (including phenoxy) is 1. The molecule has 3 aliphatic rings. The molecule has 1 aromatic carbocycles. The van der Waals surface area contributed by atoms with E-state index in [1.807, 2.05) is 6.07 Å². The molecular formula is C18H20N2O3S. The van der Waals surface area contributed by atoms with Crippen LogP contribution in [0.1, 0.15) is 19.3 Å². The van der Waals surface area contributed by atoms with Gasteiger partial charge in [-0.3, -0.25) is 4.98 Å². The van der Waals surface area contributed by atoms with Crippen LogP contribution < -0.4 is 0 Å². The van der Waals surface area contributed by atoms with Gasteiger partial charge in [0.25, 0.3) is 0 Å². The van der Waals surface area contributed by atoms with Crippen molar-refractivity contribution in [2.45, 2.75) is 30.2 Å². The Morgan fingerprint density at radius 1 is 1.21 bits per heavy atom. The summed E-state index contributed by atoms with van der Waals surface area (Å²) in [6.07, 6.45) is 6.83. The van der Waals surface area contributed by atoms with Crippen molar-refractivity contribution in [3.63, 3.8) is 0 Å². The van der Waals surface area contributed by atoms with E-state index in [0.717, 1.165) is 23.6 Å². The van der Waals surface area contributed by atoms with Gasteiger partial charge in [0, 0.05) is 35.6 Å². The normalized spacial score (nSPS) is 29.0. The standard InChI is InChI=1S/C18H20N2O3S/c21-24(22,17-4-1-3-13-9-19-8-5-14(13)17)20-12-18(6-2-7-18)15-10-23-11-16(15)20/h1,3-5,8-9,15-16H,2,6-7,10-12H2. The van der Waals surface area contributed by atoms with Gasteiger partial charge >= 0.3 is 0 Å². The van der Waals surface area contributed by atoms with E-state index in [1.54, 1.807) is 34.9 Å². The molecule has 5 rings (SSSR count). The zero-order chi connectivity index (χ0) is 16.4. The highest BCUT2D eigenvalue weighted by Crippen LogP contribution is 2.56. The Labute approximate surface area is 141 Å². The molecule has 1 saturated carbocycles. The lowest BCUT2D eigenvalue weighted by Crippen LogP contribution is -2.39.